The standard InChI is InChI=1S/C13H20N2O/c1-4-14-9-8-13(16)15(3)12-7-5-6-11(2)10-12/h5-7,10,14H,4,8-9H2,1-3H3. The first-order valence-electron chi connectivity index (χ1n) is 5.69. The molecule has 0 saturated carbocycles. The van der Waals surface area contributed by atoms with Crippen LogP contribution in [-0.4, -0.2) is 26.0 Å². The third kappa shape index (κ3) is 3.66. The molecule has 3 nitrogen and oxygen atoms in total. The van der Waals surface area contributed by atoms with E-state index in [0.29, 0.717) is 6.42 Å². The number of hydrogen-bond acceptors (Lipinski definition) is 2. The third-order valence-corrected chi connectivity index (χ3v) is 2.53. The molecule has 0 radical (unpaired) electrons. The lowest BCUT2D eigenvalue weighted by molar-refractivity contribution is -0.118. The van der Waals surface area contributed by atoms with Gasteiger partial charge in [0.1, 0.15) is 0 Å². The van der Waals surface area contributed by atoms with E-state index in [9.17, 15) is 4.79 Å². The fourth-order valence-electron chi connectivity index (χ4n) is 1.52. The topological polar surface area (TPSA) is 32.3 Å². The molecule has 0 saturated heterocycles. The first kappa shape index (κ1) is 12.7. The van der Waals surface area contributed by atoms with E-state index in [1.807, 2.05) is 45.2 Å². The van der Waals surface area contributed by atoms with E-state index < -0.39 is 0 Å². The van der Waals surface area contributed by atoms with Gasteiger partial charge in [-0.15, -0.1) is 0 Å². The lowest BCUT2D eigenvalue weighted by Gasteiger charge is -2.17. The summed E-state index contributed by atoms with van der Waals surface area (Å²) in [6.45, 7) is 5.71. The second kappa shape index (κ2) is 6.28. The Hall–Kier alpha value is -1.35. The van der Waals surface area contributed by atoms with Crippen LogP contribution in [0.25, 0.3) is 0 Å². The second-order valence-corrected chi connectivity index (χ2v) is 3.90. The van der Waals surface area contributed by atoms with Crippen molar-refractivity contribution in [1.82, 2.24) is 5.32 Å². The summed E-state index contributed by atoms with van der Waals surface area (Å²) in [6, 6.07) is 7.97. The summed E-state index contributed by atoms with van der Waals surface area (Å²) >= 11 is 0. The zero-order valence-corrected chi connectivity index (χ0v) is 10.3. The van der Waals surface area contributed by atoms with Crippen molar-refractivity contribution in [2.24, 2.45) is 0 Å². The van der Waals surface area contributed by atoms with E-state index in [4.69, 9.17) is 0 Å². The Bertz CT molecular complexity index is 350. The van der Waals surface area contributed by atoms with Crippen LogP contribution < -0.4 is 10.2 Å². The first-order valence-corrected chi connectivity index (χ1v) is 5.69. The second-order valence-electron chi connectivity index (χ2n) is 3.90. The highest BCUT2D eigenvalue weighted by Crippen LogP contribution is 2.14. The Kier molecular flexibility index (Phi) is 4.99. The molecule has 1 aromatic carbocycles. The number of carbonyl (C=O) groups excluding carboxylic acids is 1. The smallest absolute Gasteiger partial charge is 0.227 e. The van der Waals surface area contributed by atoms with Crippen molar-refractivity contribution in [2.75, 3.05) is 25.0 Å². The van der Waals surface area contributed by atoms with E-state index in [0.717, 1.165) is 18.8 Å². The minimum atomic E-state index is 0.145. The van der Waals surface area contributed by atoms with E-state index in [1.165, 1.54) is 5.56 Å². The fraction of sp³-hybridized carbons (Fsp3) is 0.462. The number of hydrogen-bond donors (Lipinski definition) is 1. The molecular formula is C13H20N2O. The first-order chi connectivity index (χ1) is 7.65. The number of amides is 1. The minimum Gasteiger partial charge on any atom is -0.316 e. The molecule has 0 unspecified atom stereocenters. The van der Waals surface area contributed by atoms with Crippen LogP contribution in [0.5, 0.6) is 0 Å². The van der Waals surface area contributed by atoms with Crippen LogP contribution in [0.4, 0.5) is 5.69 Å². The number of benzene rings is 1. The Labute approximate surface area is 97.5 Å². The minimum absolute atomic E-state index is 0.145. The molecule has 0 bridgehead atoms. The van der Waals surface area contributed by atoms with Crippen molar-refractivity contribution in [3.63, 3.8) is 0 Å². The van der Waals surface area contributed by atoms with Gasteiger partial charge in [0.2, 0.25) is 5.91 Å². The zero-order valence-electron chi connectivity index (χ0n) is 10.3. The summed E-state index contributed by atoms with van der Waals surface area (Å²) in [5.41, 5.74) is 2.13. The summed E-state index contributed by atoms with van der Waals surface area (Å²) < 4.78 is 0. The zero-order chi connectivity index (χ0) is 12.0. The highest BCUT2D eigenvalue weighted by molar-refractivity contribution is 5.92. The number of aryl methyl sites for hydroxylation is 1. The Morgan fingerprint density at radius 2 is 2.19 bits per heavy atom. The normalized spacial score (nSPS) is 10.2. The Morgan fingerprint density at radius 1 is 1.44 bits per heavy atom. The van der Waals surface area contributed by atoms with Gasteiger partial charge < -0.3 is 10.2 Å². The van der Waals surface area contributed by atoms with Gasteiger partial charge in [-0.3, -0.25) is 4.79 Å². The summed E-state index contributed by atoms with van der Waals surface area (Å²) in [4.78, 5) is 13.5. The molecule has 88 valence electrons. The monoisotopic (exact) mass is 220 g/mol. The maximum absolute atomic E-state index is 11.8. The Balaban J connectivity index is 2.56. The van der Waals surface area contributed by atoms with Crippen LogP contribution in [0.3, 0.4) is 0 Å². The van der Waals surface area contributed by atoms with Crippen molar-refractivity contribution in [3.05, 3.63) is 29.8 Å². The van der Waals surface area contributed by atoms with Gasteiger partial charge in [-0.2, -0.15) is 0 Å². The lowest BCUT2D eigenvalue weighted by Crippen LogP contribution is -2.29. The summed E-state index contributed by atoms with van der Waals surface area (Å²) in [5, 5.41) is 3.15. The highest BCUT2D eigenvalue weighted by atomic mass is 16.2. The van der Waals surface area contributed by atoms with Crippen molar-refractivity contribution in [2.45, 2.75) is 20.3 Å². The number of nitrogens with zero attached hydrogens (tertiary/aromatic N) is 1. The fourth-order valence-corrected chi connectivity index (χ4v) is 1.52. The molecule has 1 aromatic rings. The molecular weight excluding hydrogens is 200 g/mol. The average molecular weight is 220 g/mol. The van der Waals surface area contributed by atoms with Crippen LogP contribution in [-0.2, 0) is 4.79 Å². The summed E-state index contributed by atoms with van der Waals surface area (Å²) in [7, 11) is 1.82. The predicted molar refractivity (Wildman–Crippen MR) is 67.7 cm³/mol. The lowest BCUT2D eigenvalue weighted by atomic mass is 10.2. The van der Waals surface area contributed by atoms with Gasteiger partial charge in [-0.25, -0.2) is 0 Å². The van der Waals surface area contributed by atoms with Crippen LogP contribution >= 0.6 is 0 Å². The molecule has 0 aliphatic carbocycles. The van der Waals surface area contributed by atoms with Gasteiger partial charge in [0.15, 0.2) is 0 Å². The molecule has 0 fully saturated rings. The summed E-state index contributed by atoms with van der Waals surface area (Å²) in [6.07, 6.45) is 0.540. The van der Waals surface area contributed by atoms with Crippen LogP contribution in [0, 0.1) is 6.92 Å². The van der Waals surface area contributed by atoms with E-state index in [-0.39, 0.29) is 5.91 Å². The molecule has 0 atom stereocenters. The Morgan fingerprint density at radius 3 is 2.81 bits per heavy atom. The van der Waals surface area contributed by atoms with Gasteiger partial charge in [0.05, 0.1) is 0 Å². The SMILES string of the molecule is CCNCCC(=O)N(C)c1cccc(C)c1. The third-order valence-electron chi connectivity index (χ3n) is 2.53. The molecule has 3 heteroatoms. The molecule has 0 aliphatic heterocycles. The number of anilines is 1. The van der Waals surface area contributed by atoms with Crippen molar-refractivity contribution >= 4 is 11.6 Å². The number of rotatable bonds is 5. The van der Waals surface area contributed by atoms with Crippen molar-refractivity contribution in [1.29, 1.82) is 0 Å². The van der Waals surface area contributed by atoms with Crippen LogP contribution in [0.15, 0.2) is 24.3 Å². The molecule has 0 heterocycles. The number of carbonyl (C=O) groups is 1. The number of nitrogens with one attached hydrogen (secondary N) is 1. The van der Waals surface area contributed by atoms with E-state index in [2.05, 4.69) is 5.32 Å². The highest BCUT2D eigenvalue weighted by Gasteiger charge is 2.09. The molecule has 1 N–H and O–H groups in total. The van der Waals surface area contributed by atoms with Crippen LogP contribution in [0.2, 0.25) is 0 Å². The van der Waals surface area contributed by atoms with Gasteiger partial charge >= 0.3 is 0 Å². The van der Waals surface area contributed by atoms with E-state index >= 15 is 0 Å². The largest absolute Gasteiger partial charge is 0.316 e. The maximum atomic E-state index is 11.8. The van der Waals surface area contributed by atoms with Gasteiger partial charge in [0.25, 0.3) is 0 Å². The predicted octanol–water partition coefficient (Wildman–Crippen LogP) is 1.96. The maximum Gasteiger partial charge on any atom is 0.227 e. The molecule has 0 aliphatic rings. The van der Waals surface area contributed by atoms with Crippen molar-refractivity contribution < 1.29 is 4.79 Å². The summed E-state index contributed by atoms with van der Waals surface area (Å²) in [5.74, 6) is 0.145. The van der Waals surface area contributed by atoms with Crippen molar-refractivity contribution in [3.8, 4) is 0 Å². The van der Waals surface area contributed by atoms with E-state index in [1.54, 1.807) is 4.90 Å². The molecule has 1 amide bonds. The van der Waals surface area contributed by atoms with Gasteiger partial charge in [0, 0.05) is 25.7 Å². The van der Waals surface area contributed by atoms with Gasteiger partial charge in [-0.1, -0.05) is 19.1 Å². The van der Waals surface area contributed by atoms with Gasteiger partial charge in [-0.05, 0) is 31.2 Å². The molecule has 0 spiro atoms. The van der Waals surface area contributed by atoms with Crippen LogP contribution in [0.1, 0.15) is 18.9 Å². The molecule has 1 rings (SSSR count). The molecule has 16 heavy (non-hydrogen) atoms. The average Bonchev–Trinajstić information content (AvgIpc) is 2.28. The quantitative estimate of drug-likeness (QED) is 0.769. The molecule has 0 aromatic heterocycles.